The SMILES string of the molecule is CO[C@@H](C(=O)N1C(=O)OC(C)(C)[C@H]1C(C)C)[C@H]1OC(=CCCOCCOCCO)C=CC1=O. The number of nitrogens with zero attached hydrogens (tertiary/aromatic N) is 1. The highest BCUT2D eigenvalue weighted by atomic mass is 16.6. The van der Waals surface area contributed by atoms with Gasteiger partial charge in [0.05, 0.1) is 39.1 Å². The summed E-state index contributed by atoms with van der Waals surface area (Å²) in [5.41, 5.74) is -0.870. The Hall–Kier alpha value is -2.27. The minimum atomic E-state index is -1.31. The smallest absolute Gasteiger partial charge is 0.417 e. The molecule has 1 N–H and O–H groups in total. The second-order valence-corrected chi connectivity index (χ2v) is 8.64. The van der Waals surface area contributed by atoms with Crippen molar-refractivity contribution in [2.45, 2.75) is 58.0 Å². The highest BCUT2D eigenvalue weighted by Gasteiger charge is 2.54. The van der Waals surface area contributed by atoms with Crippen LogP contribution in [0, 0.1) is 5.92 Å². The Labute approximate surface area is 194 Å². The summed E-state index contributed by atoms with van der Waals surface area (Å²) in [5.74, 6) is -0.775. The quantitative estimate of drug-likeness (QED) is 0.425. The number of methoxy groups -OCH3 is 1. The van der Waals surface area contributed by atoms with Crippen LogP contribution in [-0.4, -0.2) is 91.8 Å². The number of ketones is 1. The van der Waals surface area contributed by atoms with Gasteiger partial charge in [-0.2, -0.15) is 0 Å². The predicted octanol–water partition coefficient (Wildman–Crippen LogP) is 1.61. The first-order valence-electron chi connectivity index (χ1n) is 11.1. The average Bonchev–Trinajstić information content (AvgIpc) is 3.00. The van der Waals surface area contributed by atoms with Gasteiger partial charge in [-0.25, -0.2) is 9.69 Å². The van der Waals surface area contributed by atoms with Crippen LogP contribution in [0.1, 0.15) is 34.1 Å². The molecule has 0 spiro atoms. The number of aliphatic hydroxyl groups is 1. The van der Waals surface area contributed by atoms with Gasteiger partial charge in [0.25, 0.3) is 5.91 Å². The van der Waals surface area contributed by atoms with E-state index < -0.39 is 41.6 Å². The first-order valence-corrected chi connectivity index (χ1v) is 11.1. The zero-order valence-electron chi connectivity index (χ0n) is 19.9. The van der Waals surface area contributed by atoms with Crippen LogP contribution in [0.2, 0.25) is 0 Å². The second kappa shape index (κ2) is 12.3. The van der Waals surface area contributed by atoms with Gasteiger partial charge in [-0.3, -0.25) is 9.59 Å². The third-order valence-corrected chi connectivity index (χ3v) is 5.35. The fourth-order valence-electron chi connectivity index (χ4n) is 4.08. The first-order chi connectivity index (χ1) is 15.6. The summed E-state index contributed by atoms with van der Waals surface area (Å²) in [7, 11) is 1.30. The van der Waals surface area contributed by atoms with Gasteiger partial charge < -0.3 is 28.8 Å². The summed E-state index contributed by atoms with van der Waals surface area (Å²) < 4.78 is 27.1. The van der Waals surface area contributed by atoms with Crippen molar-refractivity contribution in [3.63, 3.8) is 0 Å². The fourth-order valence-corrected chi connectivity index (χ4v) is 4.08. The average molecular weight is 470 g/mol. The Morgan fingerprint density at radius 3 is 2.45 bits per heavy atom. The molecule has 2 rings (SSSR count). The molecule has 2 aliphatic heterocycles. The number of imide groups is 1. The molecule has 1 saturated heterocycles. The third-order valence-electron chi connectivity index (χ3n) is 5.35. The maximum atomic E-state index is 13.3. The van der Waals surface area contributed by atoms with E-state index in [9.17, 15) is 14.4 Å². The van der Waals surface area contributed by atoms with Crippen LogP contribution in [0.4, 0.5) is 4.79 Å². The summed E-state index contributed by atoms with van der Waals surface area (Å²) in [6.07, 6.45) is 1.80. The molecule has 2 aliphatic rings. The molecule has 0 aromatic heterocycles. The fraction of sp³-hybridized carbons (Fsp3) is 0.696. The second-order valence-electron chi connectivity index (χ2n) is 8.64. The molecule has 10 nitrogen and oxygen atoms in total. The van der Waals surface area contributed by atoms with Crippen LogP contribution < -0.4 is 0 Å². The maximum absolute atomic E-state index is 13.3. The first kappa shape index (κ1) is 27.0. The van der Waals surface area contributed by atoms with Crippen LogP contribution in [0.25, 0.3) is 0 Å². The van der Waals surface area contributed by atoms with E-state index in [1.165, 1.54) is 19.3 Å². The molecule has 0 aromatic carbocycles. The number of allylic oxidation sites excluding steroid dienone is 1. The van der Waals surface area contributed by atoms with Crippen molar-refractivity contribution in [1.29, 1.82) is 0 Å². The lowest BCUT2D eigenvalue weighted by Crippen LogP contribution is -2.55. The number of hydrogen-bond acceptors (Lipinski definition) is 9. The van der Waals surface area contributed by atoms with Crippen molar-refractivity contribution in [2.24, 2.45) is 5.92 Å². The molecule has 186 valence electrons. The van der Waals surface area contributed by atoms with E-state index in [1.807, 2.05) is 13.8 Å². The van der Waals surface area contributed by atoms with E-state index in [4.69, 9.17) is 28.8 Å². The Bertz CT molecular complexity index is 759. The van der Waals surface area contributed by atoms with Crippen molar-refractivity contribution in [1.82, 2.24) is 4.90 Å². The summed E-state index contributed by atoms with van der Waals surface area (Å²) in [4.78, 5) is 39.4. The number of cyclic esters (lactones) is 1. The summed E-state index contributed by atoms with van der Waals surface area (Å²) in [6.45, 7) is 8.69. The van der Waals surface area contributed by atoms with E-state index in [0.717, 1.165) is 4.90 Å². The van der Waals surface area contributed by atoms with Gasteiger partial charge >= 0.3 is 6.09 Å². The number of carbonyl (C=O) groups excluding carboxylic acids is 3. The molecular formula is C23H35NO9. The van der Waals surface area contributed by atoms with Crippen LogP contribution in [-0.2, 0) is 33.3 Å². The number of rotatable bonds is 12. The molecule has 3 atom stereocenters. The third kappa shape index (κ3) is 6.86. The van der Waals surface area contributed by atoms with Crippen molar-refractivity contribution in [2.75, 3.05) is 40.1 Å². The number of ether oxygens (including phenoxy) is 5. The summed E-state index contributed by atoms with van der Waals surface area (Å²) >= 11 is 0. The van der Waals surface area contributed by atoms with Gasteiger partial charge in [0.15, 0.2) is 18.0 Å². The van der Waals surface area contributed by atoms with E-state index >= 15 is 0 Å². The highest BCUT2D eigenvalue weighted by molar-refractivity contribution is 6.03. The lowest BCUT2D eigenvalue weighted by Gasteiger charge is -2.34. The largest absolute Gasteiger partial charge is 0.479 e. The predicted molar refractivity (Wildman–Crippen MR) is 117 cm³/mol. The molecule has 0 aliphatic carbocycles. The molecule has 0 unspecified atom stereocenters. The molecule has 2 amide bonds. The molecule has 1 fully saturated rings. The summed E-state index contributed by atoms with van der Waals surface area (Å²) in [5, 5.41) is 8.64. The molecule has 2 heterocycles. The zero-order valence-corrected chi connectivity index (χ0v) is 19.9. The minimum absolute atomic E-state index is 0.0323. The Morgan fingerprint density at radius 2 is 1.85 bits per heavy atom. The van der Waals surface area contributed by atoms with Gasteiger partial charge in [0, 0.05) is 7.11 Å². The van der Waals surface area contributed by atoms with E-state index in [-0.39, 0.29) is 19.1 Å². The maximum Gasteiger partial charge on any atom is 0.417 e. The van der Waals surface area contributed by atoms with Crippen molar-refractivity contribution in [3.8, 4) is 0 Å². The normalized spacial score (nSPS) is 24.3. The Kier molecular flexibility index (Phi) is 10.0. The van der Waals surface area contributed by atoms with Crippen LogP contribution in [0.15, 0.2) is 24.0 Å². The lowest BCUT2D eigenvalue weighted by molar-refractivity contribution is -0.154. The number of hydrogen-bond donors (Lipinski definition) is 1. The zero-order chi connectivity index (χ0) is 24.6. The molecule has 0 aromatic rings. The molecule has 0 bridgehead atoms. The van der Waals surface area contributed by atoms with E-state index in [2.05, 4.69) is 0 Å². The van der Waals surface area contributed by atoms with Crippen LogP contribution in [0.5, 0.6) is 0 Å². The van der Waals surface area contributed by atoms with Gasteiger partial charge in [-0.05, 0) is 44.4 Å². The van der Waals surface area contributed by atoms with Gasteiger partial charge in [-0.1, -0.05) is 13.8 Å². The molecule has 0 saturated carbocycles. The van der Waals surface area contributed by atoms with E-state index in [0.29, 0.717) is 32.0 Å². The molecular weight excluding hydrogens is 434 g/mol. The Morgan fingerprint density at radius 1 is 1.18 bits per heavy atom. The topological polar surface area (TPSA) is 121 Å². The van der Waals surface area contributed by atoms with Gasteiger partial charge in [-0.15, -0.1) is 0 Å². The molecule has 33 heavy (non-hydrogen) atoms. The summed E-state index contributed by atoms with van der Waals surface area (Å²) in [6, 6.07) is -0.516. The monoisotopic (exact) mass is 469 g/mol. The van der Waals surface area contributed by atoms with E-state index in [1.54, 1.807) is 19.9 Å². The number of aliphatic hydroxyl groups excluding tert-OH is 1. The van der Waals surface area contributed by atoms with Crippen LogP contribution >= 0.6 is 0 Å². The van der Waals surface area contributed by atoms with Crippen molar-refractivity contribution >= 4 is 17.8 Å². The highest BCUT2D eigenvalue weighted by Crippen LogP contribution is 2.35. The number of carbonyl (C=O) groups is 3. The molecule has 0 radical (unpaired) electrons. The molecule has 10 heteroatoms. The van der Waals surface area contributed by atoms with Gasteiger partial charge in [0.2, 0.25) is 0 Å². The van der Waals surface area contributed by atoms with Crippen molar-refractivity contribution < 1.29 is 43.2 Å². The van der Waals surface area contributed by atoms with Gasteiger partial charge in [0.1, 0.15) is 11.4 Å². The standard InChI is InChI=1S/C23H35NO9/c1-15(2)20-23(3,4)33-22(28)24(20)21(27)19(29-5)18-17(26)9-8-16(32-18)7-6-11-30-13-14-31-12-10-25/h7-9,15,18-20,25H,6,10-14H2,1-5H3/t18-,19+,20+/m0/s1. The van der Waals surface area contributed by atoms with Crippen molar-refractivity contribution in [3.05, 3.63) is 24.0 Å². The Balaban J connectivity index is 2.03. The number of amides is 2. The minimum Gasteiger partial charge on any atom is -0.479 e. The van der Waals surface area contributed by atoms with Crippen LogP contribution in [0.3, 0.4) is 0 Å². The lowest BCUT2D eigenvalue weighted by atomic mass is 9.88.